The maximum atomic E-state index is 11.8. The summed E-state index contributed by atoms with van der Waals surface area (Å²) in [5.41, 5.74) is 2.10. The van der Waals surface area contributed by atoms with E-state index in [0.717, 1.165) is 5.56 Å². The van der Waals surface area contributed by atoms with Crippen LogP contribution in [0, 0.1) is 0 Å². The number of phenols is 1. The van der Waals surface area contributed by atoms with Crippen molar-refractivity contribution in [1.29, 1.82) is 0 Å². The third-order valence-electron chi connectivity index (χ3n) is 2.84. The van der Waals surface area contributed by atoms with Crippen LogP contribution in [0.1, 0.15) is 5.56 Å². The molecule has 0 atom stereocenters. The predicted molar refractivity (Wildman–Crippen MR) is 67.7 cm³/mol. The van der Waals surface area contributed by atoms with Crippen LogP contribution in [0.25, 0.3) is 11.1 Å². The Morgan fingerprint density at radius 2 is 1.89 bits per heavy atom. The molecule has 0 aliphatic heterocycles. The molecule has 1 aromatic heterocycles. The van der Waals surface area contributed by atoms with E-state index in [9.17, 15) is 9.90 Å². The van der Waals surface area contributed by atoms with E-state index in [1.165, 1.54) is 6.07 Å². The van der Waals surface area contributed by atoms with Crippen molar-refractivity contribution in [2.75, 3.05) is 0 Å². The Morgan fingerprint density at radius 3 is 2.67 bits per heavy atom. The largest absolute Gasteiger partial charge is 0.508 e. The minimum Gasteiger partial charge on any atom is -0.508 e. The highest BCUT2D eigenvalue weighted by molar-refractivity contribution is 5.74. The molecule has 90 valence electrons. The first kappa shape index (κ1) is 10.7. The van der Waals surface area contributed by atoms with Gasteiger partial charge in [-0.25, -0.2) is 4.79 Å². The number of benzene rings is 2. The molecule has 0 aliphatic rings. The van der Waals surface area contributed by atoms with Crippen LogP contribution in [-0.2, 0) is 6.54 Å². The molecule has 0 saturated carbocycles. The SMILES string of the molecule is O=c1oc2cc(O)ccc2n1Cc1ccccc1. The topological polar surface area (TPSA) is 55.4 Å². The molecule has 0 aliphatic carbocycles. The summed E-state index contributed by atoms with van der Waals surface area (Å²) in [4.78, 5) is 11.8. The summed E-state index contributed by atoms with van der Waals surface area (Å²) >= 11 is 0. The van der Waals surface area contributed by atoms with Gasteiger partial charge < -0.3 is 9.52 Å². The minimum atomic E-state index is -0.417. The molecular formula is C14H11NO3. The monoisotopic (exact) mass is 241 g/mol. The Bertz CT molecular complexity index is 741. The summed E-state index contributed by atoms with van der Waals surface area (Å²) in [6, 6.07) is 14.3. The van der Waals surface area contributed by atoms with Gasteiger partial charge in [-0.3, -0.25) is 4.57 Å². The zero-order chi connectivity index (χ0) is 12.5. The summed E-state index contributed by atoms with van der Waals surface area (Å²) in [5, 5.41) is 9.35. The van der Waals surface area contributed by atoms with Crippen molar-refractivity contribution in [3.8, 4) is 5.75 Å². The van der Waals surface area contributed by atoms with E-state index in [-0.39, 0.29) is 5.75 Å². The van der Waals surface area contributed by atoms with E-state index in [1.54, 1.807) is 16.7 Å². The van der Waals surface area contributed by atoms with Gasteiger partial charge in [-0.1, -0.05) is 30.3 Å². The van der Waals surface area contributed by atoms with Gasteiger partial charge in [-0.05, 0) is 17.7 Å². The van der Waals surface area contributed by atoms with Gasteiger partial charge in [0, 0.05) is 6.07 Å². The summed E-state index contributed by atoms with van der Waals surface area (Å²) in [5.74, 6) is -0.331. The second-order valence-corrected chi connectivity index (χ2v) is 4.09. The third kappa shape index (κ3) is 1.78. The van der Waals surface area contributed by atoms with Gasteiger partial charge in [0.15, 0.2) is 5.58 Å². The quantitative estimate of drug-likeness (QED) is 0.749. The molecule has 0 fully saturated rings. The fourth-order valence-corrected chi connectivity index (χ4v) is 1.97. The highest BCUT2D eigenvalue weighted by atomic mass is 16.4. The van der Waals surface area contributed by atoms with Gasteiger partial charge in [0.25, 0.3) is 0 Å². The van der Waals surface area contributed by atoms with E-state index in [0.29, 0.717) is 17.6 Å². The Labute approximate surface area is 103 Å². The standard InChI is InChI=1S/C14H11NO3/c16-11-6-7-12-13(8-11)18-14(17)15(12)9-10-4-2-1-3-5-10/h1-8,16H,9H2. The van der Waals surface area contributed by atoms with Crippen LogP contribution in [0.2, 0.25) is 0 Å². The fourth-order valence-electron chi connectivity index (χ4n) is 1.97. The first-order valence-corrected chi connectivity index (χ1v) is 5.60. The molecule has 3 aromatic rings. The molecule has 1 N–H and O–H groups in total. The van der Waals surface area contributed by atoms with Gasteiger partial charge in [0.1, 0.15) is 5.75 Å². The molecule has 4 heteroatoms. The van der Waals surface area contributed by atoms with E-state index in [2.05, 4.69) is 0 Å². The Morgan fingerprint density at radius 1 is 1.11 bits per heavy atom. The van der Waals surface area contributed by atoms with Crippen molar-refractivity contribution >= 4 is 11.1 Å². The molecule has 0 radical (unpaired) electrons. The summed E-state index contributed by atoms with van der Waals surface area (Å²) in [6.45, 7) is 0.456. The van der Waals surface area contributed by atoms with Crippen molar-refractivity contribution < 1.29 is 9.52 Å². The summed E-state index contributed by atoms with van der Waals surface area (Å²) in [7, 11) is 0. The number of rotatable bonds is 2. The van der Waals surface area contributed by atoms with Gasteiger partial charge >= 0.3 is 5.76 Å². The number of aromatic nitrogens is 1. The van der Waals surface area contributed by atoms with Crippen molar-refractivity contribution in [3.05, 3.63) is 64.6 Å². The molecular weight excluding hydrogens is 230 g/mol. The molecule has 18 heavy (non-hydrogen) atoms. The van der Waals surface area contributed by atoms with Gasteiger partial charge in [-0.2, -0.15) is 0 Å². The average molecular weight is 241 g/mol. The molecule has 4 nitrogen and oxygen atoms in total. The van der Waals surface area contributed by atoms with Gasteiger partial charge in [0.2, 0.25) is 0 Å². The molecule has 3 rings (SSSR count). The lowest BCUT2D eigenvalue weighted by atomic mass is 10.2. The normalized spacial score (nSPS) is 10.9. The van der Waals surface area contributed by atoms with Crippen LogP contribution >= 0.6 is 0 Å². The molecule has 1 heterocycles. The maximum Gasteiger partial charge on any atom is 0.420 e. The smallest absolute Gasteiger partial charge is 0.420 e. The number of aromatic hydroxyl groups is 1. The van der Waals surface area contributed by atoms with E-state index in [1.807, 2.05) is 30.3 Å². The fraction of sp³-hybridized carbons (Fsp3) is 0.0714. The van der Waals surface area contributed by atoms with Crippen molar-refractivity contribution in [3.63, 3.8) is 0 Å². The number of phenolic OH excluding ortho intramolecular Hbond substituents is 1. The van der Waals surface area contributed by atoms with Crippen LogP contribution in [0.5, 0.6) is 5.75 Å². The Kier molecular flexibility index (Phi) is 2.41. The zero-order valence-electron chi connectivity index (χ0n) is 9.54. The maximum absolute atomic E-state index is 11.8. The van der Waals surface area contributed by atoms with Crippen LogP contribution < -0.4 is 5.76 Å². The lowest BCUT2D eigenvalue weighted by Crippen LogP contribution is -2.14. The molecule has 0 bridgehead atoms. The Balaban J connectivity index is 2.12. The summed E-state index contributed by atoms with van der Waals surface area (Å²) < 4.78 is 6.65. The third-order valence-corrected chi connectivity index (χ3v) is 2.84. The second-order valence-electron chi connectivity index (χ2n) is 4.09. The predicted octanol–water partition coefficient (Wildman–Crippen LogP) is 2.35. The average Bonchev–Trinajstić information content (AvgIpc) is 2.66. The van der Waals surface area contributed by atoms with Crippen molar-refractivity contribution in [1.82, 2.24) is 4.57 Å². The minimum absolute atomic E-state index is 0.0862. The first-order chi connectivity index (χ1) is 8.74. The zero-order valence-corrected chi connectivity index (χ0v) is 9.54. The van der Waals surface area contributed by atoms with Gasteiger partial charge in [-0.15, -0.1) is 0 Å². The van der Waals surface area contributed by atoms with E-state index in [4.69, 9.17) is 4.42 Å². The Hall–Kier alpha value is -2.49. The van der Waals surface area contributed by atoms with Crippen LogP contribution in [0.4, 0.5) is 0 Å². The lowest BCUT2D eigenvalue weighted by molar-refractivity contribution is 0.473. The number of hydrogen-bond acceptors (Lipinski definition) is 3. The van der Waals surface area contributed by atoms with Crippen molar-refractivity contribution in [2.24, 2.45) is 0 Å². The number of oxazole rings is 1. The second kappa shape index (κ2) is 4.07. The molecule has 2 aromatic carbocycles. The van der Waals surface area contributed by atoms with Crippen molar-refractivity contribution in [2.45, 2.75) is 6.54 Å². The number of nitrogens with zero attached hydrogens (tertiary/aromatic N) is 1. The van der Waals surface area contributed by atoms with Gasteiger partial charge in [0.05, 0.1) is 12.1 Å². The molecule has 0 saturated heterocycles. The van der Waals surface area contributed by atoms with E-state index < -0.39 is 5.76 Å². The van der Waals surface area contributed by atoms with Crippen LogP contribution in [0.3, 0.4) is 0 Å². The highest BCUT2D eigenvalue weighted by Crippen LogP contribution is 2.19. The lowest BCUT2D eigenvalue weighted by Gasteiger charge is -2.02. The van der Waals surface area contributed by atoms with Crippen LogP contribution in [-0.4, -0.2) is 9.67 Å². The highest BCUT2D eigenvalue weighted by Gasteiger charge is 2.09. The molecule has 0 unspecified atom stereocenters. The van der Waals surface area contributed by atoms with E-state index >= 15 is 0 Å². The summed E-state index contributed by atoms with van der Waals surface area (Å²) in [6.07, 6.45) is 0. The number of hydrogen-bond donors (Lipinski definition) is 1. The molecule has 0 spiro atoms. The molecule has 0 amide bonds. The van der Waals surface area contributed by atoms with Crippen LogP contribution in [0.15, 0.2) is 57.7 Å². The first-order valence-electron chi connectivity index (χ1n) is 5.60. The number of fused-ring (bicyclic) bond motifs is 1.